The molecule has 7 aromatic heterocycles. The standard InChI is InChI=1S/C37H31N2.2C15H9N2O2.2C11H8N.C9H7N2.C7H7N4O2.4CO.Ir.3Pt.Re/c1-24-5-13-28(14-6-24)32-21-34(30-17-9-26(3)10-18-30)38-36(32)23-37-33(29-15-7-25(2)8-16-29)22-35(39-37)31-19-11-27(4)12-20-31;2*1-3-7-12-10(5-1)16-14(18-12)9-15-17-11-6-2-4-8-13(11)19-15;2*1-2-6-10(7-3-1)11-8-4-5-9-12-11;1-3-8(10-5-1)7-9-4-2-6-11-9;1-4-8-10-6(12-4)3-7-11-9-5(2)13-7;4*1-2;;;;;/h5-23H,1-4H3;2*1-9H;2*1-6,8-9H;1-7H;3H,1-2H3;;;;;;;;;/q7*-1;;;;;;;;+2;. The summed E-state index contributed by atoms with van der Waals surface area (Å²) in [6.07, 6.45) is 22.2. The number of aromatic nitrogens is 8. The van der Waals surface area contributed by atoms with Crippen LogP contribution in [0.1, 0.15) is 75.3 Å². The van der Waals surface area contributed by atoms with Crippen LogP contribution in [0.15, 0.2) is 391 Å². The van der Waals surface area contributed by atoms with E-state index < -0.39 is 0 Å². The van der Waals surface area contributed by atoms with Gasteiger partial charge in [0, 0.05) is 162 Å². The zero-order valence-electron chi connectivity index (χ0n) is 74.2. The Balaban J connectivity index is 0.000000226. The van der Waals surface area contributed by atoms with Crippen molar-refractivity contribution in [2.24, 2.45) is 15.1 Å². The van der Waals surface area contributed by atoms with Gasteiger partial charge in [-0.05, 0) is 134 Å². The quantitative estimate of drug-likeness (QED) is 0.0858. The summed E-state index contributed by atoms with van der Waals surface area (Å²) in [5, 5.41) is 19.8. The zero-order valence-corrected chi connectivity index (χ0v) is 86.1. The molecule has 5 aliphatic rings. The van der Waals surface area contributed by atoms with Gasteiger partial charge in [0.15, 0.2) is 17.1 Å². The number of aliphatic imine (C=N–C) groups is 2. The topological polar surface area (TPSA) is 332 Å². The number of rotatable bonds is 11. The van der Waals surface area contributed by atoms with E-state index in [0.29, 0.717) is 47.1 Å². The summed E-state index contributed by atoms with van der Waals surface area (Å²) in [7, 11) is 0. The van der Waals surface area contributed by atoms with E-state index in [2.05, 4.69) is 243 Å². The van der Waals surface area contributed by atoms with Gasteiger partial charge in [-0.3, -0.25) is 4.99 Å². The van der Waals surface area contributed by atoms with Gasteiger partial charge < -0.3 is 68.6 Å². The van der Waals surface area contributed by atoms with E-state index in [0.717, 1.165) is 135 Å². The minimum atomic E-state index is 0. The number of oxazole rings is 2. The van der Waals surface area contributed by atoms with Gasteiger partial charge in [0.05, 0.1) is 17.1 Å². The molecule has 10 aromatic carbocycles. The van der Waals surface area contributed by atoms with E-state index in [9.17, 15) is 0 Å². The second-order valence-corrected chi connectivity index (χ2v) is 28.6. The maximum absolute atomic E-state index is 7.50. The summed E-state index contributed by atoms with van der Waals surface area (Å²) in [5.74, 6) is 5.21. The first-order valence-electron chi connectivity index (χ1n) is 40.9. The number of hydrogen-bond acceptors (Lipinski definition) is 15. The number of allylic oxidation sites excluding steroid dienone is 4. The molecule has 0 amide bonds. The normalized spacial score (nSPS) is 13.1. The number of pyridine rings is 2. The van der Waals surface area contributed by atoms with Crippen molar-refractivity contribution >= 4 is 87.4 Å². The van der Waals surface area contributed by atoms with Crippen molar-refractivity contribution in [1.29, 1.82) is 0 Å². The summed E-state index contributed by atoms with van der Waals surface area (Å²) in [4.78, 5) is 35.6. The molecular weight excluding hydrogens is 2630 g/mol. The van der Waals surface area contributed by atoms with Crippen molar-refractivity contribution in [2.75, 3.05) is 0 Å². The summed E-state index contributed by atoms with van der Waals surface area (Å²) < 4.78 is 62.6. The molecule has 5 aliphatic heterocycles. The average Bonchev–Trinajstić information content (AvgIpc) is 1.63. The van der Waals surface area contributed by atoms with Crippen LogP contribution in [0.3, 0.4) is 0 Å². The van der Waals surface area contributed by atoms with Crippen molar-refractivity contribution < 1.29 is 150 Å². The largest absolute Gasteiger partial charge is 2.00 e. The first kappa shape index (κ1) is 110. The molecule has 22 rings (SSSR count). The molecule has 17 aromatic rings. The molecule has 696 valence electrons. The van der Waals surface area contributed by atoms with Crippen LogP contribution in [0.5, 0.6) is 11.5 Å². The second kappa shape index (κ2) is 58.0. The van der Waals surface area contributed by atoms with Gasteiger partial charge in [-0.1, -0.05) is 240 Å². The van der Waals surface area contributed by atoms with Gasteiger partial charge in [-0.15, -0.1) is 99.1 Å². The summed E-state index contributed by atoms with van der Waals surface area (Å²) >= 11 is 0. The molecule has 12 heterocycles. The van der Waals surface area contributed by atoms with Crippen LogP contribution in [-0.2, 0) is 127 Å². The van der Waals surface area contributed by atoms with Gasteiger partial charge in [-0.2, -0.15) is 6.20 Å². The van der Waals surface area contributed by atoms with Crippen molar-refractivity contribution in [3.8, 4) is 56.4 Å². The maximum atomic E-state index is 7.50. The van der Waals surface area contributed by atoms with Crippen LogP contribution in [0.2, 0.25) is 0 Å². The molecule has 0 saturated carbocycles. The molecule has 0 N–H and O–H groups in total. The molecule has 0 aliphatic carbocycles. The van der Waals surface area contributed by atoms with Gasteiger partial charge in [0.1, 0.15) is 22.5 Å². The van der Waals surface area contributed by atoms with Gasteiger partial charge in [0.2, 0.25) is 23.6 Å². The SMILES string of the molecule is C(=C1[N-]c2ccccc2O1)c1nc2ccccc2o1.C(=C1[N-]c2ccccc2O1)c1nc2ccccc2o1.C1=CC(=Cc2ccc[n-]2)N=C1.CC1=N[N-]C(=Cc2nnc(C)o2)O1.Cc1ccc(C2=CC(c3ccc(C)cc3)=NC2=Cc2[n-]c(-c3ccc(C)cc3)cc2-c2ccc(C)cc2)cc1.[C-]#[O+].[C-]#[O+].[C-]#[O+].[C-]#[O+].[Ir].[Pt+2].[Pt].[Pt].[Re].[c-]1ccccc1-c1ccccn1.[c-]1ccccc1-c1ccccn1. The first-order chi connectivity index (χ1) is 65.3. The smallest absolute Gasteiger partial charge is 0.305 e. The Morgan fingerprint density at radius 2 is 0.906 bits per heavy atom. The molecule has 0 saturated heterocycles. The van der Waals surface area contributed by atoms with Gasteiger partial charge >= 0.3 is 66.3 Å². The number of benzene rings is 10. The van der Waals surface area contributed by atoms with Crippen molar-refractivity contribution in [3.63, 3.8) is 0 Å². The number of nitrogens with zero attached hydrogens (tertiary/aromatic N) is 14. The number of hydrogen-bond donors (Lipinski definition) is 0. The third-order valence-electron chi connectivity index (χ3n) is 19.1. The Bertz CT molecular complexity index is 6700. The fourth-order valence-electron chi connectivity index (χ4n) is 12.9. The number of ether oxygens (including phenoxy) is 3. The van der Waals surface area contributed by atoms with Crippen LogP contribution in [0.25, 0.3) is 119 Å². The van der Waals surface area contributed by atoms with E-state index in [1.807, 2.05) is 212 Å². The van der Waals surface area contributed by atoms with Crippen LogP contribution in [0.4, 0.5) is 11.4 Å². The van der Waals surface area contributed by atoms with E-state index in [1.165, 1.54) is 28.3 Å². The predicted octanol–water partition coefficient (Wildman–Crippen LogP) is 25.6. The molecule has 0 fully saturated rings. The fourth-order valence-corrected chi connectivity index (χ4v) is 12.9. The van der Waals surface area contributed by atoms with E-state index in [-0.39, 0.29) is 104 Å². The van der Waals surface area contributed by atoms with Crippen molar-refractivity contribution in [3.05, 3.63) is 486 Å². The Morgan fingerprint density at radius 1 is 0.435 bits per heavy atom. The average molecular weight is 2710 g/mol. The van der Waals surface area contributed by atoms with Crippen LogP contribution in [-0.4, -0.2) is 48.0 Å². The fraction of sp³-hybridized carbons (Fsp3) is 0.0550. The van der Waals surface area contributed by atoms with Gasteiger partial charge in [-0.25, -0.2) is 15.0 Å². The Hall–Kier alpha value is -14.5. The third kappa shape index (κ3) is 32.3. The molecule has 29 heteroatoms. The third-order valence-corrected chi connectivity index (χ3v) is 19.1. The maximum Gasteiger partial charge on any atom is 2.00 e. The first-order valence-corrected chi connectivity index (χ1v) is 40.9. The van der Waals surface area contributed by atoms with Crippen molar-refractivity contribution in [2.45, 2.75) is 41.5 Å². The predicted molar refractivity (Wildman–Crippen MR) is 512 cm³/mol. The molecule has 0 atom stereocenters. The molecule has 0 unspecified atom stereocenters. The molecule has 0 spiro atoms. The Labute approximate surface area is 868 Å². The summed E-state index contributed by atoms with van der Waals surface area (Å²) in [5.41, 5.74) is 30.0. The monoisotopic (exact) mass is 2710 g/mol. The minimum Gasteiger partial charge on any atom is -0.305 e. The van der Waals surface area contributed by atoms with E-state index in [1.54, 1.807) is 50.8 Å². The molecule has 24 nitrogen and oxygen atoms in total. The van der Waals surface area contributed by atoms with E-state index in [4.69, 9.17) is 56.0 Å². The van der Waals surface area contributed by atoms with Gasteiger partial charge in [0.25, 0.3) is 0 Å². The second-order valence-electron chi connectivity index (χ2n) is 28.6. The summed E-state index contributed by atoms with van der Waals surface area (Å²) in [6.45, 7) is 29.9. The van der Waals surface area contributed by atoms with Crippen LogP contribution < -0.4 is 19.4 Å². The molecular formula is C109H79IrN14O10Pt3Re-5. The zero-order chi connectivity index (χ0) is 93.5. The number of para-hydroxylation sites is 8. The molecule has 2 radical (unpaired) electrons. The molecule has 0 bridgehead atoms. The van der Waals surface area contributed by atoms with E-state index >= 15 is 0 Å². The summed E-state index contributed by atoms with van der Waals surface area (Å²) in [6, 6.07) is 105. The minimum absolute atomic E-state index is 0. The van der Waals surface area contributed by atoms with Crippen LogP contribution >= 0.6 is 0 Å². The van der Waals surface area contributed by atoms with Crippen LogP contribution in [0, 0.1) is 73.4 Å². The number of fused-ring (bicyclic) bond motifs is 4. The Morgan fingerprint density at radius 3 is 1.34 bits per heavy atom. The van der Waals surface area contributed by atoms with Crippen molar-refractivity contribution in [1.82, 2.24) is 40.1 Å². The molecule has 138 heavy (non-hydrogen) atoms. The number of aryl methyl sites for hydroxylation is 5. The Kier molecular flexibility index (Phi) is 46.5.